The molecule has 2 aromatic heterocycles. The zero-order valence-corrected chi connectivity index (χ0v) is 11.4. The van der Waals surface area contributed by atoms with E-state index in [1.54, 1.807) is 18.5 Å². The molecule has 0 bridgehead atoms. The van der Waals surface area contributed by atoms with Gasteiger partial charge in [-0.2, -0.15) is 0 Å². The molecule has 1 aromatic carbocycles. The van der Waals surface area contributed by atoms with E-state index in [1.165, 1.54) is 5.56 Å². The molecule has 4 nitrogen and oxygen atoms in total. The Hall–Kier alpha value is -2.62. The quantitative estimate of drug-likeness (QED) is 0.745. The van der Waals surface area contributed by atoms with Crippen molar-refractivity contribution in [3.63, 3.8) is 0 Å². The van der Waals surface area contributed by atoms with Crippen molar-refractivity contribution in [1.82, 2.24) is 9.97 Å². The van der Waals surface area contributed by atoms with E-state index in [9.17, 15) is 4.79 Å². The number of aromatic amines is 1. The number of nitrogens with zero attached hydrogens (tertiary/aromatic N) is 1. The van der Waals surface area contributed by atoms with Gasteiger partial charge in [-0.25, -0.2) is 0 Å². The van der Waals surface area contributed by atoms with Gasteiger partial charge in [-0.05, 0) is 49.7 Å². The highest BCUT2D eigenvalue weighted by atomic mass is 16.1. The largest absolute Gasteiger partial charge is 0.358 e. The molecule has 0 aliphatic rings. The van der Waals surface area contributed by atoms with Gasteiger partial charge in [0.15, 0.2) is 0 Å². The van der Waals surface area contributed by atoms with Crippen LogP contribution in [0.25, 0.3) is 10.9 Å². The third-order valence-electron chi connectivity index (χ3n) is 3.49. The normalized spacial score (nSPS) is 10.7. The molecule has 2 N–H and O–H groups in total. The fourth-order valence-corrected chi connectivity index (χ4v) is 2.24. The average molecular weight is 265 g/mol. The Balaban J connectivity index is 1.94. The highest BCUT2D eigenvalue weighted by molar-refractivity contribution is 6.06. The summed E-state index contributed by atoms with van der Waals surface area (Å²) in [6, 6.07) is 9.28. The lowest BCUT2D eigenvalue weighted by molar-refractivity contribution is 0.102. The lowest BCUT2D eigenvalue weighted by atomic mass is 10.1. The number of H-pyrrole nitrogens is 1. The van der Waals surface area contributed by atoms with Gasteiger partial charge < -0.3 is 10.3 Å². The Labute approximate surface area is 116 Å². The fraction of sp³-hybridized carbons (Fsp3) is 0.125. The van der Waals surface area contributed by atoms with Crippen molar-refractivity contribution in [2.45, 2.75) is 13.8 Å². The van der Waals surface area contributed by atoms with E-state index in [-0.39, 0.29) is 5.91 Å². The second-order valence-electron chi connectivity index (χ2n) is 4.83. The van der Waals surface area contributed by atoms with Crippen LogP contribution in [0.3, 0.4) is 0 Å². The number of aromatic nitrogens is 2. The number of rotatable bonds is 2. The number of carbonyl (C=O) groups is 1. The smallest absolute Gasteiger partial charge is 0.255 e. The van der Waals surface area contributed by atoms with Gasteiger partial charge in [-0.3, -0.25) is 9.78 Å². The van der Waals surface area contributed by atoms with Gasteiger partial charge in [-0.1, -0.05) is 0 Å². The lowest BCUT2D eigenvalue weighted by Gasteiger charge is -2.05. The minimum Gasteiger partial charge on any atom is -0.358 e. The summed E-state index contributed by atoms with van der Waals surface area (Å²) in [4.78, 5) is 19.5. The molecule has 20 heavy (non-hydrogen) atoms. The molecule has 0 atom stereocenters. The molecule has 4 heteroatoms. The highest BCUT2D eigenvalue weighted by Crippen LogP contribution is 2.22. The standard InChI is InChI=1S/C16H15N3O/c1-10-11(2)18-15-6-5-12(8-14(10)15)16(20)19-13-4-3-7-17-9-13/h3-9,18H,1-2H3,(H,19,20). The molecule has 0 saturated carbocycles. The molecule has 2 heterocycles. The first-order valence-corrected chi connectivity index (χ1v) is 6.45. The number of hydrogen-bond acceptors (Lipinski definition) is 2. The van der Waals surface area contributed by atoms with Crippen LogP contribution in [0.15, 0.2) is 42.7 Å². The minimum absolute atomic E-state index is 0.127. The molecule has 0 unspecified atom stereocenters. The maximum Gasteiger partial charge on any atom is 0.255 e. The van der Waals surface area contributed by atoms with Gasteiger partial charge >= 0.3 is 0 Å². The van der Waals surface area contributed by atoms with Crippen LogP contribution < -0.4 is 5.32 Å². The predicted molar refractivity (Wildman–Crippen MR) is 80.0 cm³/mol. The second-order valence-corrected chi connectivity index (χ2v) is 4.83. The van der Waals surface area contributed by atoms with E-state index in [4.69, 9.17) is 0 Å². The summed E-state index contributed by atoms with van der Waals surface area (Å²) in [6.07, 6.45) is 3.30. The molecule has 0 aliphatic carbocycles. The average Bonchev–Trinajstić information content (AvgIpc) is 2.75. The van der Waals surface area contributed by atoms with Crippen molar-refractivity contribution in [1.29, 1.82) is 0 Å². The van der Waals surface area contributed by atoms with Gasteiger partial charge in [0.05, 0.1) is 11.9 Å². The van der Waals surface area contributed by atoms with Crippen LogP contribution in [0, 0.1) is 13.8 Å². The number of anilines is 1. The zero-order chi connectivity index (χ0) is 14.1. The first kappa shape index (κ1) is 12.4. The summed E-state index contributed by atoms with van der Waals surface area (Å²) >= 11 is 0. The first-order chi connectivity index (χ1) is 9.65. The van der Waals surface area contributed by atoms with Crippen LogP contribution in [0.4, 0.5) is 5.69 Å². The third kappa shape index (κ3) is 2.16. The van der Waals surface area contributed by atoms with Gasteiger partial charge in [0, 0.05) is 28.4 Å². The number of nitrogens with one attached hydrogen (secondary N) is 2. The second kappa shape index (κ2) is 4.81. The number of pyridine rings is 1. The Kier molecular flexibility index (Phi) is 2.99. The van der Waals surface area contributed by atoms with Crippen LogP contribution in [0.1, 0.15) is 21.6 Å². The number of hydrogen-bond donors (Lipinski definition) is 2. The van der Waals surface area contributed by atoms with Crippen molar-refractivity contribution < 1.29 is 4.79 Å². The summed E-state index contributed by atoms with van der Waals surface area (Å²) in [5.41, 5.74) is 4.70. The van der Waals surface area contributed by atoms with E-state index < -0.39 is 0 Å². The number of amides is 1. The Morgan fingerprint density at radius 3 is 2.85 bits per heavy atom. The van der Waals surface area contributed by atoms with E-state index in [2.05, 4.69) is 22.2 Å². The first-order valence-electron chi connectivity index (χ1n) is 6.45. The zero-order valence-electron chi connectivity index (χ0n) is 11.4. The molecule has 100 valence electrons. The minimum atomic E-state index is -0.127. The van der Waals surface area contributed by atoms with Gasteiger partial charge in [0.1, 0.15) is 0 Å². The van der Waals surface area contributed by atoms with Crippen molar-refractivity contribution >= 4 is 22.5 Å². The van der Waals surface area contributed by atoms with Crippen LogP contribution in [0.5, 0.6) is 0 Å². The molecular formula is C16H15N3O. The summed E-state index contributed by atoms with van der Waals surface area (Å²) in [5.74, 6) is -0.127. The van der Waals surface area contributed by atoms with Crippen molar-refractivity contribution in [2.75, 3.05) is 5.32 Å². The van der Waals surface area contributed by atoms with Gasteiger partial charge in [0.2, 0.25) is 0 Å². The molecule has 3 aromatic rings. The Morgan fingerprint density at radius 1 is 1.25 bits per heavy atom. The van der Waals surface area contributed by atoms with E-state index in [0.717, 1.165) is 16.6 Å². The van der Waals surface area contributed by atoms with E-state index in [0.29, 0.717) is 11.3 Å². The monoisotopic (exact) mass is 265 g/mol. The SMILES string of the molecule is Cc1[nH]c2ccc(C(=O)Nc3cccnc3)cc2c1C. The molecule has 0 saturated heterocycles. The van der Waals surface area contributed by atoms with Crippen molar-refractivity contribution in [3.8, 4) is 0 Å². The lowest BCUT2D eigenvalue weighted by Crippen LogP contribution is -2.11. The molecule has 1 amide bonds. The van der Waals surface area contributed by atoms with Crippen LogP contribution >= 0.6 is 0 Å². The van der Waals surface area contributed by atoms with Crippen LogP contribution in [-0.4, -0.2) is 15.9 Å². The molecule has 3 rings (SSSR count). The number of aryl methyl sites for hydroxylation is 2. The van der Waals surface area contributed by atoms with Gasteiger partial charge in [-0.15, -0.1) is 0 Å². The van der Waals surface area contributed by atoms with Crippen LogP contribution in [0.2, 0.25) is 0 Å². The number of benzene rings is 1. The summed E-state index contributed by atoms with van der Waals surface area (Å²) in [6.45, 7) is 4.09. The molecular weight excluding hydrogens is 250 g/mol. The van der Waals surface area contributed by atoms with E-state index >= 15 is 0 Å². The van der Waals surface area contributed by atoms with Crippen LogP contribution in [-0.2, 0) is 0 Å². The van der Waals surface area contributed by atoms with E-state index in [1.807, 2.05) is 31.2 Å². The third-order valence-corrected chi connectivity index (χ3v) is 3.49. The highest BCUT2D eigenvalue weighted by Gasteiger charge is 2.10. The summed E-state index contributed by atoms with van der Waals surface area (Å²) < 4.78 is 0. The maximum atomic E-state index is 12.2. The summed E-state index contributed by atoms with van der Waals surface area (Å²) in [7, 11) is 0. The Bertz CT molecular complexity index is 775. The fourth-order valence-electron chi connectivity index (χ4n) is 2.24. The predicted octanol–water partition coefficient (Wildman–Crippen LogP) is 3.43. The van der Waals surface area contributed by atoms with Crippen molar-refractivity contribution in [2.24, 2.45) is 0 Å². The summed E-state index contributed by atoms with van der Waals surface area (Å²) in [5, 5.41) is 3.92. The Morgan fingerprint density at radius 2 is 2.10 bits per heavy atom. The number of carbonyl (C=O) groups excluding carboxylic acids is 1. The number of fused-ring (bicyclic) bond motifs is 1. The topological polar surface area (TPSA) is 57.8 Å². The molecule has 0 radical (unpaired) electrons. The maximum absolute atomic E-state index is 12.2. The molecule has 0 aliphatic heterocycles. The van der Waals surface area contributed by atoms with Gasteiger partial charge in [0.25, 0.3) is 5.91 Å². The van der Waals surface area contributed by atoms with Crippen molar-refractivity contribution in [3.05, 3.63) is 59.5 Å². The molecule has 0 spiro atoms. The molecule has 0 fully saturated rings.